The van der Waals surface area contributed by atoms with Crippen molar-refractivity contribution in [1.82, 2.24) is 24.6 Å². The van der Waals surface area contributed by atoms with Gasteiger partial charge in [0.25, 0.3) is 5.91 Å². The number of likely N-dealkylation sites (N-methyl/N-ethyl adjacent to an activating group) is 2. The molecular weight excluding hydrogens is 386 g/mol. The summed E-state index contributed by atoms with van der Waals surface area (Å²) in [6.07, 6.45) is 4.72. The number of hydrogen-bond donors (Lipinski definition) is 1. The molecular formula is C21H29N5O4. The maximum absolute atomic E-state index is 12.0. The molecule has 0 radical (unpaired) electrons. The molecule has 0 atom stereocenters. The lowest BCUT2D eigenvalue weighted by Gasteiger charge is -2.15. The van der Waals surface area contributed by atoms with E-state index in [-0.39, 0.29) is 18.5 Å². The summed E-state index contributed by atoms with van der Waals surface area (Å²) in [5, 5.41) is 6.81. The lowest BCUT2D eigenvalue weighted by atomic mass is 10.2. The van der Waals surface area contributed by atoms with E-state index in [2.05, 4.69) is 28.8 Å². The molecule has 2 aromatic rings. The molecule has 2 amide bonds. The summed E-state index contributed by atoms with van der Waals surface area (Å²) in [4.78, 5) is 36.4. The summed E-state index contributed by atoms with van der Waals surface area (Å²) in [6, 6.07) is 4.13. The van der Waals surface area contributed by atoms with E-state index in [4.69, 9.17) is 4.74 Å². The highest BCUT2D eigenvalue weighted by Crippen LogP contribution is 2.23. The van der Waals surface area contributed by atoms with Gasteiger partial charge in [0.1, 0.15) is 5.82 Å². The monoisotopic (exact) mass is 415 g/mol. The molecule has 0 spiro atoms. The Morgan fingerprint density at radius 3 is 2.63 bits per heavy atom. The number of amides is 2. The Hall–Kier alpha value is -3.36. The second kappa shape index (κ2) is 9.91. The van der Waals surface area contributed by atoms with Crippen LogP contribution in [0.25, 0.3) is 11.9 Å². The molecule has 2 rings (SSSR count). The van der Waals surface area contributed by atoms with Crippen LogP contribution in [0.15, 0.2) is 24.4 Å². The quantitative estimate of drug-likeness (QED) is 0.522. The standard InChI is InChI=1S/C21H29N5O4/c1-14(2)26-19(9-10-23-26)25-15(3)11-17(16(25)4)7-8-21(29)30-13-20(28)24(6)12-18(27)22-5/h7-11,14H,12-13H2,1-6H3,(H,22,27)/b8-7+. The topological polar surface area (TPSA) is 98.5 Å². The second-order valence-corrected chi connectivity index (χ2v) is 7.25. The zero-order valence-electron chi connectivity index (χ0n) is 18.3. The molecule has 0 aliphatic heterocycles. The number of esters is 1. The molecule has 0 unspecified atom stereocenters. The van der Waals surface area contributed by atoms with E-state index < -0.39 is 18.5 Å². The van der Waals surface area contributed by atoms with Crippen LogP contribution >= 0.6 is 0 Å². The van der Waals surface area contributed by atoms with Crippen molar-refractivity contribution >= 4 is 23.9 Å². The van der Waals surface area contributed by atoms with E-state index in [0.717, 1.165) is 22.8 Å². The van der Waals surface area contributed by atoms with Crippen LogP contribution in [0.4, 0.5) is 0 Å². The van der Waals surface area contributed by atoms with Crippen molar-refractivity contribution in [1.29, 1.82) is 0 Å². The van der Waals surface area contributed by atoms with Crippen molar-refractivity contribution in [2.24, 2.45) is 0 Å². The van der Waals surface area contributed by atoms with E-state index in [9.17, 15) is 14.4 Å². The van der Waals surface area contributed by atoms with Crippen molar-refractivity contribution in [2.75, 3.05) is 27.2 Å². The molecule has 2 heterocycles. The molecule has 30 heavy (non-hydrogen) atoms. The first kappa shape index (κ1) is 22.9. The summed E-state index contributed by atoms with van der Waals surface area (Å²) in [5.74, 6) is -0.438. The van der Waals surface area contributed by atoms with E-state index in [1.54, 1.807) is 12.3 Å². The molecule has 0 aromatic carbocycles. The van der Waals surface area contributed by atoms with Gasteiger partial charge < -0.3 is 19.5 Å². The van der Waals surface area contributed by atoms with E-state index in [0.29, 0.717) is 0 Å². The number of rotatable bonds is 8. The molecule has 9 nitrogen and oxygen atoms in total. The Morgan fingerprint density at radius 1 is 1.30 bits per heavy atom. The average molecular weight is 415 g/mol. The second-order valence-electron chi connectivity index (χ2n) is 7.25. The van der Waals surface area contributed by atoms with Gasteiger partial charge in [-0.2, -0.15) is 5.10 Å². The third kappa shape index (κ3) is 5.37. The Kier molecular flexibility index (Phi) is 7.57. The average Bonchev–Trinajstić information content (AvgIpc) is 3.28. The summed E-state index contributed by atoms with van der Waals surface area (Å²) in [6.45, 7) is 7.56. The van der Waals surface area contributed by atoms with Crippen molar-refractivity contribution in [3.05, 3.63) is 41.4 Å². The van der Waals surface area contributed by atoms with Gasteiger partial charge in [-0.25, -0.2) is 9.48 Å². The molecule has 2 aromatic heterocycles. The largest absolute Gasteiger partial charge is 0.452 e. The van der Waals surface area contributed by atoms with Gasteiger partial charge in [0.2, 0.25) is 5.91 Å². The predicted molar refractivity (Wildman–Crippen MR) is 113 cm³/mol. The summed E-state index contributed by atoms with van der Waals surface area (Å²) < 4.78 is 9.00. The van der Waals surface area contributed by atoms with E-state index >= 15 is 0 Å². The summed E-state index contributed by atoms with van der Waals surface area (Å²) in [7, 11) is 2.96. The van der Waals surface area contributed by atoms with Crippen LogP contribution in [0, 0.1) is 13.8 Å². The zero-order valence-corrected chi connectivity index (χ0v) is 18.3. The molecule has 1 N–H and O–H groups in total. The number of carbonyl (C=O) groups is 3. The predicted octanol–water partition coefficient (Wildman–Crippen LogP) is 1.63. The lowest BCUT2D eigenvalue weighted by molar-refractivity contribution is -0.148. The van der Waals surface area contributed by atoms with Crippen molar-refractivity contribution in [3.8, 4) is 5.82 Å². The molecule has 0 bridgehead atoms. The van der Waals surface area contributed by atoms with Crippen molar-refractivity contribution < 1.29 is 19.1 Å². The first-order valence-corrected chi connectivity index (χ1v) is 9.67. The molecule has 9 heteroatoms. The van der Waals surface area contributed by atoms with Crippen LogP contribution in [-0.2, 0) is 19.1 Å². The molecule has 0 aliphatic rings. The minimum absolute atomic E-state index is 0.0956. The van der Waals surface area contributed by atoms with Gasteiger partial charge in [-0.1, -0.05) is 0 Å². The van der Waals surface area contributed by atoms with Crippen LogP contribution in [0.3, 0.4) is 0 Å². The molecule has 0 aliphatic carbocycles. The Balaban J connectivity index is 2.05. The maximum atomic E-state index is 12.0. The maximum Gasteiger partial charge on any atom is 0.331 e. The van der Waals surface area contributed by atoms with Crippen LogP contribution in [0.1, 0.15) is 36.8 Å². The van der Waals surface area contributed by atoms with E-state index in [1.165, 1.54) is 25.1 Å². The fraction of sp³-hybridized carbons (Fsp3) is 0.429. The van der Waals surface area contributed by atoms with Crippen LogP contribution < -0.4 is 5.32 Å². The van der Waals surface area contributed by atoms with Gasteiger partial charge in [0, 0.05) is 43.7 Å². The fourth-order valence-electron chi connectivity index (χ4n) is 3.02. The van der Waals surface area contributed by atoms with Crippen molar-refractivity contribution in [3.63, 3.8) is 0 Å². The number of aromatic nitrogens is 3. The molecule has 0 saturated heterocycles. The van der Waals surface area contributed by atoms with Crippen LogP contribution in [0.2, 0.25) is 0 Å². The van der Waals surface area contributed by atoms with Crippen LogP contribution in [0.5, 0.6) is 0 Å². The molecule has 162 valence electrons. The Labute approximate surface area is 176 Å². The first-order valence-electron chi connectivity index (χ1n) is 9.67. The van der Waals surface area contributed by atoms with Crippen molar-refractivity contribution in [2.45, 2.75) is 33.7 Å². The number of ether oxygens (including phenoxy) is 1. The fourth-order valence-corrected chi connectivity index (χ4v) is 3.02. The SMILES string of the molecule is CNC(=O)CN(C)C(=O)COC(=O)/C=C/c1cc(C)n(-c2ccnn2C(C)C)c1C. The van der Waals surface area contributed by atoms with Gasteiger partial charge >= 0.3 is 5.97 Å². The van der Waals surface area contributed by atoms with Crippen LogP contribution in [-0.4, -0.2) is 64.3 Å². The normalized spacial score (nSPS) is 11.2. The van der Waals surface area contributed by atoms with E-state index in [1.807, 2.05) is 30.7 Å². The summed E-state index contributed by atoms with van der Waals surface area (Å²) >= 11 is 0. The minimum atomic E-state index is -0.631. The third-order valence-electron chi connectivity index (χ3n) is 4.66. The summed E-state index contributed by atoms with van der Waals surface area (Å²) in [5.41, 5.74) is 2.83. The first-order chi connectivity index (χ1) is 14.1. The van der Waals surface area contributed by atoms with Gasteiger partial charge in [-0.05, 0) is 45.4 Å². The lowest BCUT2D eigenvalue weighted by Crippen LogP contribution is -2.38. The third-order valence-corrected chi connectivity index (χ3v) is 4.66. The smallest absolute Gasteiger partial charge is 0.331 e. The molecule has 0 saturated carbocycles. The van der Waals surface area contributed by atoms with Gasteiger partial charge in [0.15, 0.2) is 6.61 Å². The van der Waals surface area contributed by atoms with Gasteiger partial charge in [-0.15, -0.1) is 0 Å². The van der Waals surface area contributed by atoms with Gasteiger partial charge in [0.05, 0.1) is 12.7 Å². The number of hydrogen-bond acceptors (Lipinski definition) is 5. The number of nitrogens with one attached hydrogen (secondary N) is 1. The number of aryl methyl sites for hydroxylation is 1. The minimum Gasteiger partial charge on any atom is -0.452 e. The number of nitrogens with zero attached hydrogens (tertiary/aromatic N) is 4. The highest BCUT2D eigenvalue weighted by molar-refractivity contribution is 5.90. The molecule has 0 fully saturated rings. The highest BCUT2D eigenvalue weighted by Gasteiger charge is 2.16. The zero-order chi connectivity index (χ0) is 22.4. The Morgan fingerprint density at radius 2 is 2.00 bits per heavy atom. The number of carbonyl (C=O) groups excluding carboxylic acids is 3. The Bertz CT molecular complexity index is 955. The highest BCUT2D eigenvalue weighted by atomic mass is 16.5. The van der Waals surface area contributed by atoms with Gasteiger partial charge in [-0.3, -0.25) is 9.59 Å².